The van der Waals surface area contributed by atoms with Crippen LogP contribution in [0.5, 0.6) is 5.75 Å². The molecule has 4 heteroatoms. The van der Waals surface area contributed by atoms with E-state index in [1.54, 1.807) is 7.11 Å². The summed E-state index contributed by atoms with van der Waals surface area (Å²) in [7, 11) is 1.63. The fourth-order valence-electron chi connectivity index (χ4n) is 2.47. The second-order valence-electron chi connectivity index (χ2n) is 5.04. The molecule has 112 valence electrons. The van der Waals surface area contributed by atoms with Crippen molar-refractivity contribution in [1.82, 2.24) is 5.16 Å². The number of methoxy groups -OCH3 is 1. The maximum atomic E-state index is 9.78. The summed E-state index contributed by atoms with van der Waals surface area (Å²) >= 11 is 0. The van der Waals surface area contributed by atoms with Crippen molar-refractivity contribution in [2.45, 2.75) is 13.5 Å². The lowest BCUT2D eigenvalue weighted by atomic mass is 10.00. The molecule has 0 atom stereocenters. The molecule has 0 fully saturated rings. The second-order valence-corrected chi connectivity index (χ2v) is 5.04. The van der Waals surface area contributed by atoms with Crippen molar-refractivity contribution >= 4 is 0 Å². The Morgan fingerprint density at radius 2 is 1.82 bits per heavy atom. The molecule has 4 nitrogen and oxygen atoms in total. The van der Waals surface area contributed by atoms with Crippen LogP contribution in [0.2, 0.25) is 0 Å². The molecule has 0 aliphatic carbocycles. The highest BCUT2D eigenvalue weighted by Gasteiger charge is 2.19. The van der Waals surface area contributed by atoms with Crippen LogP contribution in [0.15, 0.2) is 53.1 Å². The highest BCUT2D eigenvalue weighted by molar-refractivity contribution is 5.74. The SMILES string of the molecule is COc1ccc(-c2noc(-c3ccccc3C)c2CO)cc1. The Morgan fingerprint density at radius 3 is 2.45 bits per heavy atom. The van der Waals surface area contributed by atoms with Gasteiger partial charge in [0.2, 0.25) is 0 Å². The van der Waals surface area contributed by atoms with Gasteiger partial charge in [0, 0.05) is 11.1 Å². The normalized spacial score (nSPS) is 10.7. The monoisotopic (exact) mass is 295 g/mol. The Kier molecular flexibility index (Phi) is 3.94. The van der Waals surface area contributed by atoms with Crippen LogP contribution in [0.3, 0.4) is 0 Å². The minimum atomic E-state index is -0.130. The van der Waals surface area contributed by atoms with Crippen LogP contribution in [0.25, 0.3) is 22.6 Å². The largest absolute Gasteiger partial charge is 0.497 e. The topological polar surface area (TPSA) is 55.5 Å². The summed E-state index contributed by atoms with van der Waals surface area (Å²) in [5, 5.41) is 13.9. The average Bonchev–Trinajstić information content (AvgIpc) is 2.99. The molecular formula is C18H17NO3. The Morgan fingerprint density at radius 1 is 1.09 bits per heavy atom. The molecule has 1 heterocycles. The molecule has 0 aliphatic heterocycles. The van der Waals surface area contributed by atoms with E-state index in [9.17, 15) is 5.11 Å². The lowest BCUT2D eigenvalue weighted by Gasteiger charge is -2.04. The van der Waals surface area contributed by atoms with Gasteiger partial charge in [-0.3, -0.25) is 0 Å². The first kappa shape index (κ1) is 14.4. The number of ether oxygens (including phenoxy) is 1. The van der Waals surface area contributed by atoms with Gasteiger partial charge in [-0.25, -0.2) is 0 Å². The van der Waals surface area contributed by atoms with Gasteiger partial charge < -0.3 is 14.4 Å². The zero-order valence-electron chi connectivity index (χ0n) is 12.5. The summed E-state index contributed by atoms with van der Waals surface area (Å²) < 4.78 is 10.7. The number of rotatable bonds is 4. The van der Waals surface area contributed by atoms with Crippen molar-refractivity contribution < 1.29 is 14.4 Å². The number of aromatic nitrogens is 1. The molecular weight excluding hydrogens is 278 g/mol. The molecule has 0 bridgehead atoms. The van der Waals surface area contributed by atoms with Crippen molar-refractivity contribution in [1.29, 1.82) is 0 Å². The van der Waals surface area contributed by atoms with Gasteiger partial charge >= 0.3 is 0 Å². The van der Waals surface area contributed by atoms with Crippen LogP contribution in [-0.2, 0) is 6.61 Å². The number of hydrogen-bond donors (Lipinski definition) is 1. The van der Waals surface area contributed by atoms with Gasteiger partial charge in [0.1, 0.15) is 11.4 Å². The van der Waals surface area contributed by atoms with E-state index in [4.69, 9.17) is 9.26 Å². The van der Waals surface area contributed by atoms with Crippen LogP contribution in [0.4, 0.5) is 0 Å². The minimum Gasteiger partial charge on any atom is -0.497 e. The maximum absolute atomic E-state index is 9.78. The molecule has 0 spiro atoms. The summed E-state index contributed by atoms with van der Waals surface area (Å²) in [5.41, 5.74) is 4.25. The third-order valence-corrected chi connectivity index (χ3v) is 3.70. The highest BCUT2D eigenvalue weighted by Crippen LogP contribution is 2.34. The fourth-order valence-corrected chi connectivity index (χ4v) is 2.47. The lowest BCUT2D eigenvalue weighted by molar-refractivity contribution is 0.281. The Balaban J connectivity index is 2.09. The van der Waals surface area contributed by atoms with Crippen molar-refractivity contribution in [3.63, 3.8) is 0 Å². The summed E-state index contributed by atoms with van der Waals surface area (Å²) in [6, 6.07) is 15.4. The summed E-state index contributed by atoms with van der Waals surface area (Å²) in [6.07, 6.45) is 0. The van der Waals surface area contributed by atoms with Crippen molar-refractivity contribution in [2.24, 2.45) is 0 Å². The number of benzene rings is 2. The zero-order chi connectivity index (χ0) is 15.5. The Hall–Kier alpha value is -2.59. The minimum absolute atomic E-state index is 0.130. The van der Waals surface area contributed by atoms with Crippen LogP contribution < -0.4 is 4.74 Å². The van der Waals surface area contributed by atoms with Gasteiger partial charge in [-0.1, -0.05) is 29.4 Å². The van der Waals surface area contributed by atoms with E-state index >= 15 is 0 Å². The molecule has 0 unspecified atom stereocenters. The molecule has 1 N–H and O–H groups in total. The van der Waals surface area contributed by atoms with Gasteiger partial charge in [-0.05, 0) is 36.8 Å². The second kappa shape index (κ2) is 6.03. The van der Waals surface area contributed by atoms with E-state index in [-0.39, 0.29) is 6.61 Å². The Bertz CT molecular complexity index is 775. The van der Waals surface area contributed by atoms with Gasteiger partial charge in [-0.15, -0.1) is 0 Å². The first-order valence-electron chi connectivity index (χ1n) is 7.04. The standard InChI is InChI=1S/C18H17NO3/c1-12-5-3-4-6-15(12)18-16(11-20)17(19-22-18)13-7-9-14(21-2)10-8-13/h3-10,20H,11H2,1-2H3. The van der Waals surface area contributed by atoms with Gasteiger partial charge in [-0.2, -0.15) is 0 Å². The Labute approximate surface area is 129 Å². The molecule has 0 radical (unpaired) electrons. The lowest BCUT2D eigenvalue weighted by Crippen LogP contribution is -1.91. The quantitative estimate of drug-likeness (QED) is 0.795. The van der Waals surface area contributed by atoms with Crippen LogP contribution in [0.1, 0.15) is 11.1 Å². The summed E-state index contributed by atoms with van der Waals surface area (Å²) in [5.74, 6) is 1.39. The van der Waals surface area contributed by atoms with Crippen molar-refractivity contribution in [3.05, 3.63) is 59.7 Å². The molecule has 0 aliphatic rings. The number of aliphatic hydroxyl groups excluding tert-OH is 1. The molecule has 22 heavy (non-hydrogen) atoms. The molecule has 3 rings (SSSR count). The maximum Gasteiger partial charge on any atom is 0.173 e. The molecule has 0 saturated heterocycles. The predicted molar refractivity (Wildman–Crippen MR) is 84.6 cm³/mol. The van der Waals surface area contributed by atoms with Gasteiger partial charge in [0.05, 0.1) is 19.3 Å². The molecule has 0 amide bonds. The smallest absolute Gasteiger partial charge is 0.173 e. The fraction of sp³-hybridized carbons (Fsp3) is 0.167. The average molecular weight is 295 g/mol. The van der Waals surface area contributed by atoms with Crippen LogP contribution in [-0.4, -0.2) is 17.4 Å². The van der Waals surface area contributed by atoms with Crippen LogP contribution >= 0.6 is 0 Å². The number of aliphatic hydroxyl groups is 1. The predicted octanol–water partition coefficient (Wildman–Crippen LogP) is 3.82. The van der Waals surface area contributed by atoms with E-state index in [1.165, 1.54) is 0 Å². The molecule has 2 aromatic carbocycles. The molecule has 3 aromatic rings. The van der Waals surface area contributed by atoms with E-state index in [0.717, 1.165) is 22.4 Å². The van der Waals surface area contributed by atoms with Crippen LogP contribution in [0, 0.1) is 6.92 Å². The number of aryl methyl sites for hydroxylation is 1. The summed E-state index contributed by atoms with van der Waals surface area (Å²) in [6.45, 7) is 1.88. The highest BCUT2D eigenvalue weighted by atomic mass is 16.5. The number of nitrogens with zero attached hydrogens (tertiary/aromatic N) is 1. The zero-order valence-corrected chi connectivity index (χ0v) is 12.5. The third-order valence-electron chi connectivity index (χ3n) is 3.70. The van der Waals surface area contributed by atoms with Gasteiger partial charge in [0.15, 0.2) is 5.76 Å². The molecule has 0 saturated carbocycles. The van der Waals surface area contributed by atoms with E-state index < -0.39 is 0 Å². The van der Waals surface area contributed by atoms with E-state index in [2.05, 4.69) is 5.16 Å². The van der Waals surface area contributed by atoms with E-state index in [1.807, 2.05) is 55.5 Å². The number of hydrogen-bond acceptors (Lipinski definition) is 4. The third kappa shape index (κ3) is 2.49. The van der Waals surface area contributed by atoms with Gasteiger partial charge in [0.25, 0.3) is 0 Å². The first-order chi connectivity index (χ1) is 10.7. The molecule has 1 aromatic heterocycles. The summed E-state index contributed by atoms with van der Waals surface area (Å²) in [4.78, 5) is 0. The van der Waals surface area contributed by atoms with E-state index in [0.29, 0.717) is 17.0 Å². The van der Waals surface area contributed by atoms with Crippen molar-refractivity contribution in [2.75, 3.05) is 7.11 Å². The van der Waals surface area contributed by atoms with Crippen molar-refractivity contribution in [3.8, 4) is 28.3 Å². The first-order valence-corrected chi connectivity index (χ1v) is 7.04.